The van der Waals surface area contributed by atoms with Gasteiger partial charge < -0.3 is 10.3 Å². The normalized spacial score (nSPS) is 10.7. The molecule has 0 atom stereocenters. The SMILES string of the molecule is O=C(Cc1c[nH]c2ccccc12)Nc1cc([N+](=O)[O-])ccc1F. The number of benzene rings is 2. The monoisotopic (exact) mass is 313 g/mol. The number of rotatable bonds is 4. The summed E-state index contributed by atoms with van der Waals surface area (Å²) in [4.78, 5) is 25.2. The molecule has 7 heteroatoms. The summed E-state index contributed by atoms with van der Waals surface area (Å²) in [7, 11) is 0. The zero-order valence-corrected chi connectivity index (χ0v) is 11.9. The number of para-hydroxylation sites is 1. The predicted octanol–water partition coefficient (Wildman–Crippen LogP) is 3.40. The van der Waals surface area contributed by atoms with Crippen LogP contribution in [0.2, 0.25) is 0 Å². The van der Waals surface area contributed by atoms with Crippen molar-refractivity contribution in [2.45, 2.75) is 6.42 Å². The minimum Gasteiger partial charge on any atom is -0.361 e. The number of nitro benzene ring substituents is 1. The number of anilines is 1. The molecule has 0 unspecified atom stereocenters. The minimum absolute atomic E-state index is 0.0339. The molecule has 0 radical (unpaired) electrons. The third-order valence-electron chi connectivity index (χ3n) is 3.46. The van der Waals surface area contributed by atoms with E-state index in [1.54, 1.807) is 6.20 Å². The molecule has 1 aromatic heterocycles. The van der Waals surface area contributed by atoms with Crippen LogP contribution in [0.5, 0.6) is 0 Å². The molecule has 0 aliphatic carbocycles. The molecule has 0 fully saturated rings. The zero-order chi connectivity index (χ0) is 16.4. The van der Waals surface area contributed by atoms with Crippen molar-refractivity contribution in [3.63, 3.8) is 0 Å². The van der Waals surface area contributed by atoms with Gasteiger partial charge in [0.1, 0.15) is 5.82 Å². The van der Waals surface area contributed by atoms with Gasteiger partial charge in [-0.1, -0.05) is 18.2 Å². The highest BCUT2D eigenvalue weighted by molar-refractivity contribution is 5.96. The first kappa shape index (κ1) is 14.7. The van der Waals surface area contributed by atoms with Gasteiger partial charge in [0.15, 0.2) is 0 Å². The second-order valence-electron chi connectivity index (χ2n) is 5.01. The third kappa shape index (κ3) is 3.03. The summed E-state index contributed by atoms with van der Waals surface area (Å²) >= 11 is 0. The van der Waals surface area contributed by atoms with Crippen molar-refractivity contribution in [3.05, 3.63) is 70.2 Å². The Kier molecular flexibility index (Phi) is 3.76. The molecule has 0 saturated carbocycles. The molecule has 1 amide bonds. The van der Waals surface area contributed by atoms with E-state index in [4.69, 9.17) is 0 Å². The van der Waals surface area contributed by atoms with Crippen LogP contribution in [0.3, 0.4) is 0 Å². The number of amides is 1. The van der Waals surface area contributed by atoms with Gasteiger partial charge in [-0.05, 0) is 17.7 Å². The first-order chi connectivity index (χ1) is 11.0. The summed E-state index contributed by atoms with van der Waals surface area (Å²) in [5.74, 6) is -1.17. The van der Waals surface area contributed by atoms with E-state index in [9.17, 15) is 19.3 Å². The summed E-state index contributed by atoms with van der Waals surface area (Å²) in [6, 6.07) is 10.5. The van der Waals surface area contributed by atoms with Crippen LogP contribution < -0.4 is 5.32 Å². The van der Waals surface area contributed by atoms with Gasteiger partial charge in [0.2, 0.25) is 5.91 Å². The standard InChI is InChI=1S/C16H12FN3O3/c17-13-6-5-11(20(22)23)8-15(13)19-16(21)7-10-9-18-14-4-2-1-3-12(10)14/h1-6,8-9,18H,7H2,(H,19,21). The summed E-state index contributed by atoms with van der Waals surface area (Å²) in [5, 5.41) is 14.0. The van der Waals surface area contributed by atoms with Crippen LogP contribution in [-0.4, -0.2) is 15.8 Å². The molecule has 6 nitrogen and oxygen atoms in total. The third-order valence-corrected chi connectivity index (χ3v) is 3.46. The lowest BCUT2D eigenvalue weighted by Gasteiger charge is -2.06. The van der Waals surface area contributed by atoms with Gasteiger partial charge >= 0.3 is 0 Å². The maximum atomic E-state index is 13.7. The summed E-state index contributed by atoms with van der Waals surface area (Å²) < 4.78 is 13.7. The fraction of sp³-hybridized carbons (Fsp3) is 0.0625. The van der Waals surface area contributed by atoms with E-state index in [1.165, 1.54) is 0 Å². The molecule has 0 saturated heterocycles. The van der Waals surface area contributed by atoms with Crippen molar-refractivity contribution in [1.29, 1.82) is 0 Å². The molecule has 0 bridgehead atoms. The lowest BCUT2D eigenvalue weighted by molar-refractivity contribution is -0.384. The Bertz CT molecular complexity index is 904. The van der Waals surface area contributed by atoms with Crippen LogP contribution in [0.25, 0.3) is 10.9 Å². The Morgan fingerprint density at radius 3 is 2.83 bits per heavy atom. The number of nitro groups is 1. The number of nitrogens with zero attached hydrogens (tertiary/aromatic N) is 1. The Morgan fingerprint density at radius 1 is 1.26 bits per heavy atom. The van der Waals surface area contributed by atoms with E-state index in [0.29, 0.717) is 0 Å². The van der Waals surface area contributed by atoms with E-state index in [-0.39, 0.29) is 17.8 Å². The lowest BCUT2D eigenvalue weighted by Crippen LogP contribution is -2.15. The van der Waals surface area contributed by atoms with E-state index in [2.05, 4.69) is 10.3 Å². The number of hydrogen-bond donors (Lipinski definition) is 2. The first-order valence-corrected chi connectivity index (χ1v) is 6.83. The smallest absolute Gasteiger partial charge is 0.271 e. The molecule has 0 aliphatic heterocycles. The molecule has 3 rings (SSSR count). The van der Waals surface area contributed by atoms with Gasteiger partial charge in [0.25, 0.3) is 5.69 Å². The number of hydrogen-bond acceptors (Lipinski definition) is 3. The molecule has 116 valence electrons. The number of halogens is 1. The molecule has 23 heavy (non-hydrogen) atoms. The van der Waals surface area contributed by atoms with Crippen molar-refractivity contribution in [2.24, 2.45) is 0 Å². The molecular weight excluding hydrogens is 301 g/mol. The maximum absolute atomic E-state index is 13.7. The topological polar surface area (TPSA) is 88.0 Å². The fourth-order valence-electron chi connectivity index (χ4n) is 2.37. The van der Waals surface area contributed by atoms with E-state index in [1.807, 2.05) is 24.3 Å². The predicted molar refractivity (Wildman–Crippen MR) is 83.7 cm³/mol. The van der Waals surface area contributed by atoms with Gasteiger partial charge in [-0.25, -0.2) is 4.39 Å². The summed E-state index contributed by atoms with van der Waals surface area (Å²) in [6.07, 6.45) is 1.75. The second-order valence-corrected chi connectivity index (χ2v) is 5.01. The molecule has 3 aromatic rings. The number of aromatic nitrogens is 1. The highest BCUT2D eigenvalue weighted by atomic mass is 19.1. The average Bonchev–Trinajstić information content (AvgIpc) is 2.92. The van der Waals surface area contributed by atoms with Gasteiger partial charge in [0, 0.05) is 29.2 Å². The van der Waals surface area contributed by atoms with E-state index in [0.717, 1.165) is 34.7 Å². The Labute approximate surface area is 130 Å². The van der Waals surface area contributed by atoms with Gasteiger partial charge in [-0.15, -0.1) is 0 Å². The number of non-ortho nitro benzene ring substituents is 1. The van der Waals surface area contributed by atoms with Crippen LogP contribution in [-0.2, 0) is 11.2 Å². The molecular formula is C16H12FN3O3. The van der Waals surface area contributed by atoms with Crippen LogP contribution in [0, 0.1) is 15.9 Å². The van der Waals surface area contributed by atoms with E-state index >= 15 is 0 Å². The Hall–Kier alpha value is -3.22. The maximum Gasteiger partial charge on any atom is 0.271 e. The van der Waals surface area contributed by atoms with E-state index < -0.39 is 16.6 Å². The van der Waals surface area contributed by atoms with Crippen molar-refractivity contribution in [2.75, 3.05) is 5.32 Å². The first-order valence-electron chi connectivity index (χ1n) is 6.83. The molecule has 2 N–H and O–H groups in total. The van der Waals surface area contributed by atoms with Crippen molar-refractivity contribution in [3.8, 4) is 0 Å². The fourth-order valence-corrected chi connectivity index (χ4v) is 2.37. The second kappa shape index (κ2) is 5.88. The molecule has 2 aromatic carbocycles. The average molecular weight is 313 g/mol. The van der Waals surface area contributed by atoms with Gasteiger partial charge in [0.05, 0.1) is 17.0 Å². The summed E-state index contributed by atoms with van der Waals surface area (Å²) in [5.41, 5.74) is 1.18. The number of carbonyl (C=O) groups is 1. The Balaban J connectivity index is 1.80. The summed E-state index contributed by atoms with van der Waals surface area (Å²) in [6.45, 7) is 0. The zero-order valence-electron chi connectivity index (χ0n) is 11.9. The van der Waals surface area contributed by atoms with Gasteiger partial charge in [-0.3, -0.25) is 14.9 Å². The van der Waals surface area contributed by atoms with Crippen LogP contribution >= 0.6 is 0 Å². The van der Waals surface area contributed by atoms with Gasteiger partial charge in [-0.2, -0.15) is 0 Å². The van der Waals surface area contributed by atoms with Crippen LogP contribution in [0.4, 0.5) is 15.8 Å². The highest BCUT2D eigenvalue weighted by Gasteiger charge is 2.14. The largest absolute Gasteiger partial charge is 0.361 e. The molecule has 0 spiro atoms. The quantitative estimate of drug-likeness (QED) is 0.571. The van der Waals surface area contributed by atoms with Crippen molar-refractivity contribution < 1.29 is 14.1 Å². The molecule has 0 aliphatic rings. The number of fused-ring (bicyclic) bond motifs is 1. The molecule has 1 heterocycles. The van der Waals surface area contributed by atoms with Crippen LogP contribution in [0.15, 0.2) is 48.7 Å². The van der Waals surface area contributed by atoms with Crippen LogP contribution in [0.1, 0.15) is 5.56 Å². The number of H-pyrrole nitrogens is 1. The Morgan fingerprint density at radius 2 is 2.04 bits per heavy atom. The lowest BCUT2D eigenvalue weighted by atomic mass is 10.1. The number of aromatic amines is 1. The number of carbonyl (C=O) groups excluding carboxylic acids is 1. The van der Waals surface area contributed by atoms with Crippen molar-refractivity contribution >= 4 is 28.2 Å². The minimum atomic E-state index is -0.720. The number of nitrogens with one attached hydrogen (secondary N) is 2. The highest BCUT2D eigenvalue weighted by Crippen LogP contribution is 2.22. The van der Waals surface area contributed by atoms with Crippen molar-refractivity contribution in [1.82, 2.24) is 4.98 Å².